The molecule has 1 aromatic heterocycles. The summed E-state index contributed by atoms with van der Waals surface area (Å²) in [5.41, 5.74) is 4.54. The number of nitrogens with zero attached hydrogens (tertiary/aromatic N) is 2. The average Bonchev–Trinajstić information content (AvgIpc) is 2.47. The van der Waals surface area contributed by atoms with Crippen LogP contribution in [0.4, 0.5) is 5.69 Å². The zero-order chi connectivity index (χ0) is 14.5. The summed E-state index contributed by atoms with van der Waals surface area (Å²) in [4.78, 5) is 18.5. The fourth-order valence-electron chi connectivity index (χ4n) is 2.48. The highest BCUT2D eigenvalue weighted by Gasteiger charge is 2.25. The SMILES string of the molecule is CCOC1CCN(C(=O)c2cnc(C)cc2NN)CC1. The van der Waals surface area contributed by atoms with Crippen molar-refractivity contribution in [1.82, 2.24) is 9.88 Å². The van der Waals surface area contributed by atoms with Gasteiger partial charge in [-0.1, -0.05) is 0 Å². The van der Waals surface area contributed by atoms with Gasteiger partial charge < -0.3 is 15.1 Å². The maximum atomic E-state index is 12.5. The van der Waals surface area contributed by atoms with Crippen molar-refractivity contribution in [2.24, 2.45) is 5.84 Å². The Hall–Kier alpha value is -1.66. The van der Waals surface area contributed by atoms with Crippen molar-refractivity contribution in [2.45, 2.75) is 32.8 Å². The second-order valence-corrected chi connectivity index (χ2v) is 4.96. The molecule has 0 unspecified atom stereocenters. The minimum Gasteiger partial charge on any atom is -0.378 e. The predicted molar refractivity (Wildman–Crippen MR) is 77.3 cm³/mol. The number of nitrogens with one attached hydrogen (secondary N) is 1. The normalized spacial score (nSPS) is 16.2. The van der Waals surface area contributed by atoms with Gasteiger partial charge >= 0.3 is 0 Å². The lowest BCUT2D eigenvalue weighted by molar-refractivity contribution is 0.0146. The van der Waals surface area contributed by atoms with Crippen LogP contribution in [0.2, 0.25) is 0 Å². The van der Waals surface area contributed by atoms with Crippen molar-refractivity contribution in [3.8, 4) is 0 Å². The standard InChI is InChI=1S/C14H22N4O2/c1-3-20-11-4-6-18(7-5-11)14(19)12-9-16-10(2)8-13(12)17-15/h8-9,11H,3-7,15H2,1-2H3,(H,16,17). The van der Waals surface area contributed by atoms with Gasteiger partial charge in [-0.15, -0.1) is 0 Å². The summed E-state index contributed by atoms with van der Waals surface area (Å²) in [5, 5.41) is 0. The molecule has 1 aromatic rings. The van der Waals surface area contributed by atoms with E-state index >= 15 is 0 Å². The molecule has 20 heavy (non-hydrogen) atoms. The number of nitrogen functional groups attached to an aromatic ring is 1. The number of ether oxygens (including phenoxy) is 1. The Labute approximate surface area is 119 Å². The number of hydrogen-bond donors (Lipinski definition) is 2. The summed E-state index contributed by atoms with van der Waals surface area (Å²) < 4.78 is 5.59. The van der Waals surface area contributed by atoms with E-state index in [4.69, 9.17) is 10.6 Å². The van der Waals surface area contributed by atoms with E-state index < -0.39 is 0 Å². The smallest absolute Gasteiger partial charge is 0.257 e. The van der Waals surface area contributed by atoms with Gasteiger partial charge in [-0.3, -0.25) is 15.6 Å². The second-order valence-electron chi connectivity index (χ2n) is 4.96. The number of aromatic nitrogens is 1. The fourth-order valence-corrected chi connectivity index (χ4v) is 2.48. The van der Waals surface area contributed by atoms with Gasteiger partial charge in [0.15, 0.2) is 0 Å². The highest BCUT2D eigenvalue weighted by molar-refractivity contribution is 5.99. The van der Waals surface area contributed by atoms with Gasteiger partial charge in [-0.05, 0) is 32.8 Å². The zero-order valence-corrected chi connectivity index (χ0v) is 12.1. The first-order chi connectivity index (χ1) is 9.65. The predicted octanol–water partition coefficient (Wildman–Crippen LogP) is 1.32. The topological polar surface area (TPSA) is 80.5 Å². The van der Waals surface area contributed by atoms with Crippen LogP contribution in [0, 0.1) is 6.92 Å². The van der Waals surface area contributed by atoms with Gasteiger partial charge in [0.2, 0.25) is 0 Å². The summed E-state index contributed by atoms with van der Waals surface area (Å²) in [6.45, 7) is 6.00. The summed E-state index contributed by atoms with van der Waals surface area (Å²) in [6, 6.07) is 1.78. The van der Waals surface area contributed by atoms with Crippen LogP contribution in [0.25, 0.3) is 0 Å². The monoisotopic (exact) mass is 278 g/mol. The third-order valence-corrected chi connectivity index (χ3v) is 3.56. The van der Waals surface area contributed by atoms with Crippen molar-refractivity contribution in [1.29, 1.82) is 0 Å². The van der Waals surface area contributed by atoms with Crippen molar-refractivity contribution in [2.75, 3.05) is 25.1 Å². The molecule has 0 aliphatic carbocycles. The van der Waals surface area contributed by atoms with Crippen LogP contribution >= 0.6 is 0 Å². The Balaban J connectivity index is 2.05. The number of hydrazine groups is 1. The lowest BCUT2D eigenvalue weighted by atomic mass is 10.1. The van der Waals surface area contributed by atoms with Crippen molar-refractivity contribution < 1.29 is 9.53 Å². The molecular formula is C14H22N4O2. The molecule has 6 heteroatoms. The zero-order valence-electron chi connectivity index (χ0n) is 12.1. The second kappa shape index (κ2) is 6.67. The molecule has 110 valence electrons. The van der Waals surface area contributed by atoms with E-state index in [0.717, 1.165) is 25.1 Å². The van der Waals surface area contributed by atoms with Gasteiger partial charge in [0, 0.05) is 31.6 Å². The molecule has 0 saturated carbocycles. The molecule has 0 aromatic carbocycles. The first kappa shape index (κ1) is 14.7. The van der Waals surface area contributed by atoms with Gasteiger partial charge in [0.25, 0.3) is 5.91 Å². The minimum absolute atomic E-state index is 0.0274. The van der Waals surface area contributed by atoms with Crippen LogP contribution in [0.3, 0.4) is 0 Å². The lowest BCUT2D eigenvalue weighted by Crippen LogP contribution is -2.41. The first-order valence-corrected chi connectivity index (χ1v) is 6.99. The van der Waals surface area contributed by atoms with Crippen LogP contribution in [0.1, 0.15) is 35.8 Å². The number of carbonyl (C=O) groups is 1. The van der Waals surface area contributed by atoms with Gasteiger partial charge in [-0.2, -0.15) is 0 Å². The third-order valence-electron chi connectivity index (χ3n) is 3.56. The van der Waals surface area contributed by atoms with E-state index in [9.17, 15) is 4.79 Å². The molecule has 1 saturated heterocycles. The van der Waals surface area contributed by atoms with Gasteiger partial charge in [0.1, 0.15) is 0 Å². The number of nitrogens with two attached hydrogens (primary N) is 1. The number of likely N-dealkylation sites (tertiary alicyclic amines) is 1. The van der Waals surface area contributed by atoms with Crippen molar-refractivity contribution in [3.05, 3.63) is 23.5 Å². The van der Waals surface area contributed by atoms with E-state index in [1.165, 1.54) is 0 Å². The third kappa shape index (κ3) is 3.26. The van der Waals surface area contributed by atoms with Crippen molar-refractivity contribution >= 4 is 11.6 Å². The number of piperidine rings is 1. The van der Waals surface area contributed by atoms with E-state index in [0.29, 0.717) is 24.3 Å². The van der Waals surface area contributed by atoms with E-state index in [-0.39, 0.29) is 12.0 Å². The highest BCUT2D eigenvalue weighted by atomic mass is 16.5. The average molecular weight is 278 g/mol. The summed E-state index contributed by atoms with van der Waals surface area (Å²) in [7, 11) is 0. The van der Waals surface area contributed by atoms with E-state index in [1.807, 2.05) is 18.7 Å². The number of amides is 1. The first-order valence-electron chi connectivity index (χ1n) is 6.99. The Morgan fingerprint density at radius 1 is 1.55 bits per heavy atom. The van der Waals surface area contributed by atoms with Crippen LogP contribution in [0.5, 0.6) is 0 Å². The van der Waals surface area contributed by atoms with Crippen LogP contribution in [-0.4, -0.2) is 41.6 Å². The number of aryl methyl sites for hydroxylation is 1. The molecule has 6 nitrogen and oxygen atoms in total. The minimum atomic E-state index is -0.0274. The molecule has 2 heterocycles. The molecule has 1 aliphatic rings. The number of hydrogen-bond acceptors (Lipinski definition) is 5. The summed E-state index contributed by atoms with van der Waals surface area (Å²) in [5.74, 6) is 5.45. The number of anilines is 1. The summed E-state index contributed by atoms with van der Waals surface area (Å²) >= 11 is 0. The number of carbonyl (C=O) groups excluding carboxylic acids is 1. The molecule has 3 N–H and O–H groups in total. The molecule has 0 spiro atoms. The van der Waals surface area contributed by atoms with Crippen LogP contribution < -0.4 is 11.3 Å². The molecule has 0 atom stereocenters. The largest absolute Gasteiger partial charge is 0.378 e. The molecule has 1 aliphatic heterocycles. The fraction of sp³-hybridized carbons (Fsp3) is 0.571. The van der Waals surface area contributed by atoms with Gasteiger partial charge in [0.05, 0.1) is 17.4 Å². The summed E-state index contributed by atoms with van der Waals surface area (Å²) in [6.07, 6.45) is 3.61. The van der Waals surface area contributed by atoms with Crippen LogP contribution in [-0.2, 0) is 4.74 Å². The molecule has 0 radical (unpaired) electrons. The maximum absolute atomic E-state index is 12.5. The number of rotatable bonds is 4. The van der Waals surface area contributed by atoms with Gasteiger partial charge in [-0.25, -0.2) is 0 Å². The van der Waals surface area contributed by atoms with Crippen molar-refractivity contribution in [3.63, 3.8) is 0 Å². The maximum Gasteiger partial charge on any atom is 0.257 e. The van der Waals surface area contributed by atoms with E-state index in [2.05, 4.69) is 10.4 Å². The Morgan fingerprint density at radius 2 is 2.25 bits per heavy atom. The van der Waals surface area contributed by atoms with Crippen LogP contribution in [0.15, 0.2) is 12.3 Å². The Bertz CT molecular complexity index is 470. The molecular weight excluding hydrogens is 256 g/mol. The number of pyridine rings is 1. The molecule has 1 fully saturated rings. The Morgan fingerprint density at radius 3 is 2.85 bits per heavy atom. The quantitative estimate of drug-likeness (QED) is 0.641. The molecule has 2 rings (SSSR count). The van der Waals surface area contributed by atoms with E-state index in [1.54, 1.807) is 12.3 Å². The lowest BCUT2D eigenvalue weighted by Gasteiger charge is -2.32. The Kier molecular flexibility index (Phi) is 4.92. The highest BCUT2D eigenvalue weighted by Crippen LogP contribution is 2.20. The molecule has 0 bridgehead atoms. The molecule has 1 amide bonds.